The molecule has 0 saturated heterocycles. The molecular formula is C15H20F3O4P. The van der Waals surface area contributed by atoms with Crippen LogP contribution in [0.4, 0.5) is 13.2 Å². The maximum atomic E-state index is 13.5. The Labute approximate surface area is 133 Å². The smallest absolute Gasteiger partial charge is 0.417 e. The zero-order chi connectivity index (χ0) is 17.7. The molecule has 0 aliphatic heterocycles. The highest BCUT2D eigenvalue weighted by molar-refractivity contribution is 7.58. The molecule has 0 saturated carbocycles. The molecule has 130 valence electrons. The molecule has 0 atom stereocenters. The fourth-order valence-corrected chi connectivity index (χ4v) is 3.71. The Morgan fingerprint density at radius 2 is 1.57 bits per heavy atom. The second kappa shape index (κ2) is 7.99. The van der Waals surface area contributed by atoms with Gasteiger partial charge < -0.3 is 13.8 Å². The summed E-state index contributed by atoms with van der Waals surface area (Å²) < 4.78 is 68.2. The summed E-state index contributed by atoms with van der Waals surface area (Å²) in [6, 6.07) is 5.32. The van der Waals surface area contributed by atoms with E-state index in [1.807, 2.05) is 0 Å². The molecule has 1 aromatic rings. The van der Waals surface area contributed by atoms with Gasteiger partial charge in [0.1, 0.15) is 5.75 Å². The van der Waals surface area contributed by atoms with Crippen LogP contribution < -0.4 is 4.74 Å². The third-order valence-corrected chi connectivity index (χ3v) is 5.27. The first-order valence-electron chi connectivity index (χ1n) is 7.01. The molecule has 0 aromatic heterocycles. The van der Waals surface area contributed by atoms with Gasteiger partial charge in [0.25, 0.3) is 0 Å². The van der Waals surface area contributed by atoms with E-state index >= 15 is 0 Å². The predicted molar refractivity (Wildman–Crippen MR) is 82.5 cm³/mol. The van der Waals surface area contributed by atoms with Crippen LogP contribution in [0, 0.1) is 0 Å². The van der Waals surface area contributed by atoms with Crippen molar-refractivity contribution in [2.24, 2.45) is 0 Å². The Hall–Kier alpha value is -1.30. The zero-order valence-corrected chi connectivity index (χ0v) is 14.3. The fraction of sp³-hybridized carbons (Fsp3) is 0.467. The van der Waals surface area contributed by atoms with Crippen LogP contribution >= 0.6 is 7.60 Å². The highest BCUT2D eigenvalue weighted by atomic mass is 31.2. The van der Waals surface area contributed by atoms with Crippen LogP contribution in [-0.4, -0.2) is 26.5 Å². The van der Waals surface area contributed by atoms with Crippen molar-refractivity contribution < 1.29 is 31.5 Å². The number of benzene rings is 1. The van der Waals surface area contributed by atoms with Gasteiger partial charge in [0, 0.05) is 0 Å². The minimum absolute atomic E-state index is 0.0254. The minimum Gasteiger partial charge on any atom is -0.497 e. The van der Waals surface area contributed by atoms with Crippen LogP contribution in [-0.2, 0) is 13.6 Å². The van der Waals surface area contributed by atoms with E-state index in [1.165, 1.54) is 31.4 Å². The number of hydrogen-bond acceptors (Lipinski definition) is 4. The van der Waals surface area contributed by atoms with Crippen molar-refractivity contribution in [3.05, 3.63) is 35.1 Å². The van der Waals surface area contributed by atoms with Gasteiger partial charge in [-0.2, -0.15) is 13.2 Å². The number of allylic oxidation sites excluding steroid dienone is 2. The molecule has 0 aliphatic carbocycles. The first-order chi connectivity index (χ1) is 10.7. The van der Waals surface area contributed by atoms with Crippen molar-refractivity contribution in [3.8, 4) is 5.75 Å². The number of halogens is 3. The van der Waals surface area contributed by atoms with Gasteiger partial charge in [0.05, 0.1) is 31.2 Å². The number of hydrogen-bond donors (Lipinski definition) is 0. The van der Waals surface area contributed by atoms with Crippen LogP contribution in [0.3, 0.4) is 0 Å². The minimum atomic E-state index is -4.71. The van der Waals surface area contributed by atoms with Crippen LogP contribution in [0.15, 0.2) is 29.6 Å². The lowest BCUT2D eigenvalue weighted by atomic mass is 10.1. The van der Waals surface area contributed by atoms with E-state index < -0.39 is 24.7 Å². The molecule has 8 heteroatoms. The molecule has 0 unspecified atom stereocenters. The van der Waals surface area contributed by atoms with E-state index in [0.717, 1.165) is 6.92 Å². The van der Waals surface area contributed by atoms with Gasteiger partial charge >= 0.3 is 13.8 Å². The number of rotatable bonds is 7. The van der Waals surface area contributed by atoms with Gasteiger partial charge in [-0.05, 0) is 38.5 Å². The maximum absolute atomic E-state index is 13.5. The van der Waals surface area contributed by atoms with E-state index in [1.54, 1.807) is 13.8 Å². The first kappa shape index (κ1) is 19.7. The zero-order valence-electron chi connectivity index (χ0n) is 13.4. The molecule has 0 radical (unpaired) electrons. The molecule has 0 aliphatic rings. The summed E-state index contributed by atoms with van der Waals surface area (Å²) in [5, 5.41) is -0.459. The Kier molecular flexibility index (Phi) is 6.86. The van der Waals surface area contributed by atoms with E-state index in [4.69, 9.17) is 13.8 Å². The third-order valence-electron chi connectivity index (χ3n) is 3.03. The second-order valence-electron chi connectivity index (χ2n) is 4.52. The van der Waals surface area contributed by atoms with Crippen LogP contribution in [0.1, 0.15) is 26.3 Å². The molecule has 0 bridgehead atoms. The average Bonchev–Trinajstić information content (AvgIpc) is 2.47. The lowest BCUT2D eigenvalue weighted by Crippen LogP contribution is -2.14. The van der Waals surface area contributed by atoms with E-state index in [-0.39, 0.29) is 18.8 Å². The van der Waals surface area contributed by atoms with E-state index in [9.17, 15) is 17.7 Å². The van der Waals surface area contributed by atoms with Gasteiger partial charge in [-0.3, -0.25) is 4.57 Å². The topological polar surface area (TPSA) is 44.8 Å². The second-order valence-corrected chi connectivity index (χ2v) is 6.70. The van der Waals surface area contributed by atoms with E-state index in [0.29, 0.717) is 5.75 Å². The summed E-state index contributed by atoms with van der Waals surface area (Å²) >= 11 is 0. The van der Waals surface area contributed by atoms with Crippen molar-refractivity contribution in [3.63, 3.8) is 0 Å². The third kappa shape index (κ3) is 4.83. The number of alkyl halides is 3. The van der Waals surface area contributed by atoms with Crippen LogP contribution in [0.25, 0.3) is 5.57 Å². The molecule has 0 heterocycles. The maximum Gasteiger partial charge on any atom is 0.417 e. The summed E-state index contributed by atoms with van der Waals surface area (Å²) in [5.74, 6) is 0.422. The van der Waals surface area contributed by atoms with Gasteiger partial charge in [-0.25, -0.2) is 0 Å². The summed E-state index contributed by atoms with van der Waals surface area (Å²) in [5.41, 5.74) is -1.15. The summed E-state index contributed by atoms with van der Waals surface area (Å²) in [6.45, 7) is 4.16. The van der Waals surface area contributed by atoms with Crippen molar-refractivity contribution in [1.82, 2.24) is 0 Å². The van der Waals surface area contributed by atoms with Crippen LogP contribution in [0.5, 0.6) is 5.75 Å². The summed E-state index contributed by atoms with van der Waals surface area (Å²) in [6.07, 6.45) is -4.71. The molecule has 1 rings (SSSR count). The van der Waals surface area contributed by atoms with Gasteiger partial charge in [0.15, 0.2) is 0 Å². The predicted octanol–water partition coefficient (Wildman–Crippen LogP) is 5.25. The van der Waals surface area contributed by atoms with Gasteiger partial charge in [0.2, 0.25) is 0 Å². The fourth-order valence-electron chi connectivity index (χ4n) is 2.04. The molecule has 0 amide bonds. The quantitative estimate of drug-likeness (QED) is 0.629. The summed E-state index contributed by atoms with van der Waals surface area (Å²) in [7, 11) is -2.60. The molecule has 23 heavy (non-hydrogen) atoms. The van der Waals surface area contributed by atoms with E-state index in [2.05, 4.69) is 0 Å². The molecule has 1 aromatic carbocycles. The van der Waals surface area contributed by atoms with Gasteiger partial charge in [-0.1, -0.05) is 12.1 Å². The van der Waals surface area contributed by atoms with Crippen molar-refractivity contribution >= 4 is 13.2 Å². The Morgan fingerprint density at radius 1 is 1.09 bits per heavy atom. The lowest BCUT2D eigenvalue weighted by molar-refractivity contribution is -0.0693. The van der Waals surface area contributed by atoms with Crippen molar-refractivity contribution in [2.75, 3.05) is 20.3 Å². The molecule has 0 fully saturated rings. The average molecular weight is 352 g/mol. The van der Waals surface area contributed by atoms with Crippen molar-refractivity contribution in [1.29, 1.82) is 0 Å². The number of methoxy groups -OCH3 is 1. The molecule has 0 spiro atoms. The van der Waals surface area contributed by atoms with Gasteiger partial charge in [-0.15, -0.1) is 0 Å². The normalized spacial score (nSPS) is 13.7. The molecule has 4 nitrogen and oxygen atoms in total. The monoisotopic (exact) mass is 352 g/mol. The largest absolute Gasteiger partial charge is 0.497 e. The standard InChI is InChI=1S/C15H20F3O4P/c1-5-21-23(19,22-6-2)11(3)14(15(16,17)18)12-7-9-13(20-4)10-8-12/h7-10H,5-6H2,1-4H3/b14-11+. The van der Waals surface area contributed by atoms with Crippen LogP contribution in [0.2, 0.25) is 0 Å². The molecular weight excluding hydrogens is 332 g/mol. The molecule has 0 N–H and O–H groups in total. The van der Waals surface area contributed by atoms with Crippen molar-refractivity contribution in [2.45, 2.75) is 26.9 Å². The summed E-state index contributed by atoms with van der Waals surface area (Å²) in [4.78, 5) is 0. The highest BCUT2D eigenvalue weighted by Gasteiger charge is 2.42. The first-order valence-corrected chi connectivity index (χ1v) is 8.56. The Morgan fingerprint density at radius 3 is 1.91 bits per heavy atom. The Bertz CT molecular complexity index is 584. The number of ether oxygens (including phenoxy) is 1. The lowest BCUT2D eigenvalue weighted by Gasteiger charge is -2.22. The highest BCUT2D eigenvalue weighted by Crippen LogP contribution is 2.60. The SMILES string of the molecule is CCOP(=O)(OCC)/C(C)=C(\c1ccc(OC)cc1)C(F)(F)F. The Balaban J connectivity index is 3.51.